The Morgan fingerprint density at radius 3 is 2.33 bits per heavy atom. The van der Waals surface area contributed by atoms with Crippen molar-refractivity contribution < 1.29 is 18.8 Å². The summed E-state index contributed by atoms with van der Waals surface area (Å²) in [7, 11) is 0. The number of hydrazine groups is 1. The largest absolute Gasteiger partial charge is 0.352 e. The molecule has 5 N–H and O–H groups in total. The highest BCUT2D eigenvalue weighted by Crippen LogP contribution is 2.20. The van der Waals surface area contributed by atoms with Crippen LogP contribution in [0, 0.1) is 5.82 Å². The first-order valence-corrected chi connectivity index (χ1v) is 9.00. The number of hydrogen-bond donors (Lipinski definition) is 4. The molecule has 1 atom stereocenters. The molecule has 0 aliphatic heterocycles. The van der Waals surface area contributed by atoms with Crippen molar-refractivity contribution in [2.45, 2.75) is 17.4 Å². The maximum absolute atomic E-state index is 13.5. The number of halogens is 1. The van der Waals surface area contributed by atoms with E-state index in [1.165, 1.54) is 6.07 Å². The van der Waals surface area contributed by atoms with Crippen molar-refractivity contribution in [2.75, 3.05) is 5.75 Å². The lowest BCUT2D eigenvalue weighted by Crippen LogP contribution is -2.54. The van der Waals surface area contributed by atoms with Gasteiger partial charge in [0.1, 0.15) is 11.9 Å². The van der Waals surface area contributed by atoms with Crippen LogP contribution < -0.4 is 21.9 Å². The predicted octanol–water partition coefficient (Wildman–Crippen LogP) is 1.34. The predicted molar refractivity (Wildman–Crippen MR) is 100 cm³/mol. The summed E-state index contributed by atoms with van der Waals surface area (Å²) in [4.78, 5) is 35.6. The van der Waals surface area contributed by atoms with Crippen LogP contribution in [0.4, 0.5) is 9.18 Å². The third-order valence-electron chi connectivity index (χ3n) is 3.44. The fourth-order valence-electron chi connectivity index (χ4n) is 2.19. The molecule has 0 aliphatic rings. The van der Waals surface area contributed by atoms with Crippen molar-refractivity contribution in [1.29, 1.82) is 0 Å². The molecule has 9 heteroatoms. The number of thioether (sulfide) groups is 1. The Bertz CT molecular complexity index is 804. The Morgan fingerprint density at radius 2 is 1.67 bits per heavy atom. The Kier molecular flexibility index (Phi) is 7.63. The van der Waals surface area contributed by atoms with Gasteiger partial charge < -0.3 is 11.1 Å². The van der Waals surface area contributed by atoms with E-state index >= 15 is 0 Å². The molecule has 7 nitrogen and oxygen atoms in total. The molecule has 0 radical (unpaired) electrons. The molecular weight excluding hydrogens is 371 g/mol. The summed E-state index contributed by atoms with van der Waals surface area (Å²) in [5.74, 6) is -1.66. The van der Waals surface area contributed by atoms with Crippen LogP contribution in [0.15, 0.2) is 59.5 Å². The van der Waals surface area contributed by atoms with Crippen LogP contribution in [0.2, 0.25) is 0 Å². The Hall–Kier alpha value is -3.07. The van der Waals surface area contributed by atoms with Gasteiger partial charge in [-0.3, -0.25) is 20.4 Å². The maximum Gasteiger partial charge on any atom is 0.312 e. The van der Waals surface area contributed by atoms with Gasteiger partial charge in [0.15, 0.2) is 0 Å². The van der Waals surface area contributed by atoms with E-state index in [1.54, 1.807) is 42.5 Å². The summed E-state index contributed by atoms with van der Waals surface area (Å²) in [5.41, 5.74) is 10.4. The zero-order valence-electron chi connectivity index (χ0n) is 14.3. The number of primary amides is 1. The zero-order chi connectivity index (χ0) is 19.6. The normalized spacial score (nSPS) is 11.3. The van der Waals surface area contributed by atoms with Crippen molar-refractivity contribution >= 4 is 29.6 Å². The fraction of sp³-hybridized carbons (Fsp3) is 0.167. The minimum Gasteiger partial charge on any atom is -0.352 e. The smallest absolute Gasteiger partial charge is 0.312 e. The standard InChI is InChI=1S/C18H19FN4O3S/c19-13-8-4-5-9-15(13)27-11-16(24)22-23-17(25)14(21-18(20)26)10-12-6-2-1-3-7-12/h1-9,14H,10-11H2,(H,22,24)(H,23,25)(H3,20,21,26). The van der Waals surface area contributed by atoms with Crippen LogP contribution in [0.25, 0.3) is 0 Å². The first-order chi connectivity index (χ1) is 13.0. The van der Waals surface area contributed by atoms with E-state index in [-0.39, 0.29) is 12.2 Å². The van der Waals surface area contributed by atoms with Crippen LogP contribution in [0.1, 0.15) is 5.56 Å². The van der Waals surface area contributed by atoms with Crippen molar-refractivity contribution in [2.24, 2.45) is 5.73 Å². The van der Waals surface area contributed by atoms with Crippen LogP contribution >= 0.6 is 11.8 Å². The van der Waals surface area contributed by atoms with Gasteiger partial charge in [-0.05, 0) is 17.7 Å². The highest BCUT2D eigenvalue weighted by atomic mass is 32.2. The quantitative estimate of drug-likeness (QED) is 0.422. The SMILES string of the molecule is NC(=O)NC(Cc1ccccc1)C(=O)NNC(=O)CSc1ccccc1F. The molecule has 0 aromatic heterocycles. The van der Waals surface area contributed by atoms with Gasteiger partial charge in [-0.15, -0.1) is 11.8 Å². The summed E-state index contributed by atoms with van der Waals surface area (Å²) in [6.45, 7) is 0. The fourth-order valence-corrected chi connectivity index (χ4v) is 2.93. The van der Waals surface area contributed by atoms with Crippen LogP contribution in [0.5, 0.6) is 0 Å². The molecule has 1 unspecified atom stereocenters. The molecule has 0 aliphatic carbocycles. The molecule has 2 aromatic carbocycles. The van der Waals surface area contributed by atoms with Gasteiger partial charge in [0.25, 0.3) is 5.91 Å². The molecule has 0 saturated heterocycles. The number of urea groups is 1. The highest BCUT2D eigenvalue weighted by Gasteiger charge is 2.20. The van der Waals surface area contributed by atoms with E-state index in [2.05, 4.69) is 16.2 Å². The number of carbonyl (C=O) groups is 3. The lowest BCUT2D eigenvalue weighted by molar-refractivity contribution is -0.128. The lowest BCUT2D eigenvalue weighted by Gasteiger charge is -2.17. The van der Waals surface area contributed by atoms with Crippen molar-refractivity contribution in [1.82, 2.24) is 16.2 Å². The molecule has 142 valence electrons. The molecule has 0 heterocycles. The first-order valence-electron chi connectivity index (χ1n) is 8.01. The summed E-state index contributed by atoms with van der Waals surface area (Å²) in [6.07, 6.45) is 0.204. The summed E-state index contributed by atoms with van der Waals surface area (Å²) < 4.78 is 13.5. The van der Waals surface area contributed by atoms with Crippen molar-refractivity contribution in [3.63, 3.8) is 0 Å². The van der Waals surface area contributed by atoms with Gasteiger partial charge in [-0.1, -0.05) is 42.5 Å². The second kappa shape index (κ2) is 10.2. The number of carbonyl (C=O) groups excluding carboxylic acids is 3. The van der Waals surface area contributed by atoms with Gasteiger partial charge >= 0.3 is 6.03 Å². The van der Waals surface area contributed by atoms with Crippen molar-refractivity contribution in [3.05, 3.63) is 66.0 Å². The van der Waals surface area contributed by atoms with Gasteiger partial charge in [0.2, 0.25) is 5.91 Å². The first kappa shape index (κ1) is 20.2. The summed E-state index contributed by atoms with van der Waals surface area (Å²) in [5, 5.41) is 2.34. The molecule has 2 rings (SSSR count). The summed E-state index contributed by atoms with van der Waals surface area (Å²) >= 11 is 1.00. The van der Waals surface area contributed by atoms with Gasteiger partial charge in [-0.25, -0.2) is 9.18 Å². The average Bonchev–Trinajstić information content (AvgIpc) is 2.65. The van der Waals surface area contributed by atoms with Crippen LogP contribution in [0.3, 0.4) is 0 Å². The number of nitrogens with one attached hydrogen (secondary N) is 3. The molecule has 27 heavy (non-hydrogen) atoms. The number of hydrogen-bond acceptors (Lipinski definition) is 4. The van der Waals surface area contributed by atoms with Gasteiger partial charge in [-0.2, -0.15) is 0 Å². The maximum atomic E-state index is 13.5. The molecule has 0 spiro atoms. The third kappa shape index (κ3) is 6.98. The second-order valence-electron chi connectivity index (χ2n) is 5.51. The number of nitrogens with two attached hydrogens (primary N) is 1. The molecule has 0 bridgehead atoms. The average molecular weight is 390 g/mol. The van der Waals surface area contributed by atoms with E-state index in [1.807, 2.05) is 6.07 Å². The Balaban J connectivity index is 1.85. The van der Waals surface area contributed by atoms with E-state index in [0.29, 0.717) is 4.90 Å². The third-order valence-corrected chi connectivity index (χ3v) is 4.48. The van der Waals surface area contributed by atoms with E-state index in [0.717, 1.165) is 17.3 Å². The minimum atomic E-state index is -0.954. The van der Waals surface area contributed by atoms with Crippen LogP contribution in [-0.2, 0) is 16.0 Å². The summed E-state index contributed by atoms with van der Waals surface area (Å²) in [6, 6.07) is 13.3. The molecule has 0 saturated carbocycles. The topological polar surface area (TPSA) is 113 Å². The van der Waals surface area contributed by atoms with E-state index in [4.69, 9.17) is 5.73 Å². The molecule has 4 amide bonds. The number of amides is 4. The number of benzene rings is 2. The number of rotatable bonds is 7. The van der Waals surface area contributed by atoms with Crippen LogP contribution in [-0.4, -0.2) is 29.6 Å². The monoisotopic (exact) mass is 390 g/mol. The van der Waals surface area contributed by atoms with E-state index < -0.39 is 29.7 Å². The Morgan fingerprint density at radius 1 is 1.00 bits per heavy atom. The van der Waals surface area contributed by atoms with Crippen molar-refractivity contribution in [3.8, 4) is 0 Å². The lowest BCUT2D eigenvalue weighted by atomic mass is 10.1. The Labute approximate surface area is 159 Å². The van der Waals surface area contributed by atoms with Gasteiger partial charge in [0, 0.05) is 11.3 Å². The van der Waals surface area contributed by atoms with E-state index in [9.17, 15) is 18.8 Å². The highest BCUT2D eigenvalue weighted by molar-refractivity contribution is 8.00. The van der Waals surface area contributed by atoms with Gasteiger partial charge in [0.05, 0.1) is 5.75 Å². The second-order valence-corrected chi connectivity index (χ2v) is 6.52. The zero-order valence-corrected chi connectivity index (χ0v) is 15.1. The molecule has 0 fully saturated rings. The minimum absolute atomic E-state index is 0.0895. The molecular formula is C18H19FN4O3S. The molecule has 2 aromatic rings.